The fraction of sp³-hybridized carbons (Fsp3) is 0.261. The number of carbonyl (C=O) groups excluding carboxylic acids is 1. The minimum atomic E-state index is -3.85. The highest BCUT2D eigenvalue weighted by Crippen LogP contribution is 2.25. The maximum absolute atomic E-state index is 12.9. The first-order valence-corrected chi connectivity index (χ1v) is 12.5. The Morgan fingerprint density at radius 3 is 2.58 bits per heavy atom. The topological polar surface area (TPSA) is 78.5 Å². The number of rotatable bonds is 7. The van der Waals surface area contributed by atoms with Crippen LogP contribution >= 0.6 is 11.3 Å². The van der Waals surface area contributed by atoms with E-state index in [2.05, 4.69) is 27.1 Å². The number of nitrogens with zero attached hydrogens (tertiary/aromatic N) is 1. The number of hydrogen-bond acceptors (Lipinski definition) is 5. The number of hydrogen-bond donors (Lipinski definition) is 2. The van der Waals surface area contributed by atoms with E-state index in [1.165, 1.54) is 11.6 Å². The van der Waals surface area contributed by atoms with Gasteiger partial charge in [-0.15, -0.1) is 11.3 Å². The van der Waals surface area contributed by atoms with Gasteiger partial charge in [0.25, 0.3) is 15.9 Å². The molecule has 1 amide bonds. The Morgan fingerprint density at radius 1 is 1.10 bits per heavy atom. The predicted octanol–water partition coefficient (Wildman–Crippen LogP) is 3.86. The molecule has 0 bridgehead atoms. The highest BCUT2D eigenvalue weighted by molar-refractivity contribution is 7.93. The molecule has 2 N–H and O–H groups in total. The van der Waals surface area contributed by atoms with Crippen molar-refractivity contribution in [2.45, 2.75) is 30.8 Å². The molecule has 2 aromatic carbocycles. The summed E-state index contributed by atoms with van der Waals surface area (Å²) in [5.41, 5.74) is 2.75. The normalized spacial score (nSPS) is 16.9. The molecule has 8 heteroatoms. The van der Waals surface area contributed by atoms with E-state index in [1.54, 1.807) is 17.5 Å². The molecule has 1 aromatic heterocycles. The van der Waals surface area contributed by atoms with Gasteiger partial charge in [0.15, 0.2) is 0 Å². The Bertz CT molecular complexity index is 1140. The van der Waals surface area contributed by atoms with Crippen LogP contribution in [0.4, 0.5) is 5.69 Å². The number of nitrogens with one attached hydrogen (secondary N) is 2. The van der Waals surface area contributed by atoms with E-state index in [9.17, 15) is 13.2 Å². The van der Waals surface area contributed by atoms with E-state index in [-0.39, 0.29) is 21.7 Å². The van der Waals surface area contributed by atoms with Crippen LogP contribution in [0.25, 0.3) is 0 Å². The van der Waals surface area contributed by atoms with Gasteiger partial charge >= 0.3 is 0 Å². The average Bonchev–Trinajstić information content (AvgIpc) is 3.41. The number of thiophene rings is 1. The van der Waals surface area contributed by atoms with Crippen molar-refractivity contribution in [3.63, 3.8) is 0 Å². The van der Waals surface area contributed by atoms with Gasteiger partial charge in [0, 0.05) is 31.4 Å². The van der Waals surface area contributed by atoms with Gasteiger partial charge in [-0.1, -0.05) is 48.0 Å². The predicted molar refractivity (Wildman–Crippen MR) is 124 cm³/mol. The van der Waals surface area contributed by atoms with Crippen molar-refractivity contribution in [1.29, 1.82) is 0 Å². The molecule has 162 valence electrons. The van der Waals surface area contributed by atoms with Gasteiger partial charge in [0.05, 0.1) is 0 Å². The summed E-state index contributed by atoms with van der Waals surface area (Å²) in [6.45, 7) is 4.41. The van der Waals surface area contributed by atoms with Crippen molar-refractivity contribution in [3.05, 3.63) is 82.0 Å². The summed E-state index contributed by atoms with van der Waals surface area (Å²) in [5.74, 6) is -0.342. The van der Waals surface area contributed by atoms with Crippen LogP contribution in [-0.2, 0) is 16.6 Å². The molecule has 1 atom stereocenters. The van der Waals surface area contributed by atoms with Crippen LogP contribution in [0.1, 0.15) is 27.2 Å². The molecule has 1 fully saturated rings. The number of sulfonamides is 1. The third kappa shape index (κ3) is 5.33. The summed E-state index contributed by atoms with van der Waals surface area (Å²) in [6.07, 6.45) is 0.841. The van der Waals surface area contributed by atoms with Gasteiger partial charge in [0.1, 0.15) is 9.77 Å². The lowest BCUT2D eigenvalue weighted by molar-refractivity contribution is 0.0938. The lowest BCUT2D eigenvalue weighted by Gasteiger charge is -2.17. The minimum absolute atomic E-state index is 0.000996. The smallest absolute Gasteiger partial charge is 0.263 e. The number of anilines is 1. The lowest BCUT2D eigenvalue weighted by Crippen LogP contribution is -2.37. The second-order valence-electron chi connectivity index (χ2n) is 7.77. The van der Waals surface area contributed by atoms with E-state index in [0.29, 0.717) is 5.69 Å². The monoisotopic (exact) mass is 455 g/mol. The third-order valence-corrected chi connectivity index (χ3v) is 7.75. The van der Waals surface area contributed by atoms with Crippen LogP contribution in [0.5, 0.6) is 0 Å². The highest BCUT2D eigenvalue weighted by Gasteiger charge is 2.28. The van der Waals surface area contributed by atoms with Crippen molar-refractivity contribution in [1.82, 2.24) is 10.2 Å². The fourth-order valence-electron chi connectivity index (χ4n) is 3.69. The number of benzene rings is 2. The Balaban J connectivity index is 1.40. The number of amides is 1. The zero-order valence-electron chi connectivity index (χ0n) is 17.2. The summed E-state index contributed by atoms with van der Waals surface area (Å²) in [7, 11) is -3.85. The molecule has 2 heterocycles. The van der Waals surface area contributed by atoms with Gasteiger partial charge in [-0.05, 0) is 42.5 Å². The molecule has 4 rings (SSSR count). The van der Waals surface area contributed by atoms with Crippen molar-refractivity contribution in [3.8, 4) is 0 Å². The summed E-state index contributed by atoms with van der Waals surface area (Å²) < 4.78 is 28.3. The molecule has 0 aliphatic carbocycles. The summed E-state index contributed by atoms with van der Waals surface area (Å²) in [4.78, 5) is 15.4. The van der Waals surface area contributed by atoms with E-state index < -0.39 is 10.0 Å². The van der Waals surface area contributed by atoms with E-state index in [0.717, 1.165) is 43.0 Å². The Kier molecular flexibility index (Phi) is 6.41. The standard InChI is InChI=1S/C23H25N3O3S2/c1-17-7-9-19(10-8-17)25-31(28,29)21-12-14-30-22(21)23(27)24-20-11-13-26(16-20)15-18-5-3-2-4-6-18/h2-10,12,14,20,25H,11,13,15-16H2,1H3,(H,24,27). The number of aryl methyl sites for hydroxylation is 1. The van der Waals surface area contributed by atoms with Gasteiger partial charge < -0.3 is 5.32 Å². The van der Waals surface area contributed by atoms with Crippen LogP contribution in [0.15, 0.2) is 70.9 Å². The molecular weight excluding hydrogens is 430 g/mol. The fourth-order valence-corrected chi connectivity index (χ4v) is 6.08. The minimum Gasteiger partial charge on any atom is -0.347 e. The molecule has 1 unspecified atom stereocenters. The van der Waals surface area contributed by atoms with Crippen molar-refractivity contribution in [2.24, 2.45) is 0 Å². The van der Waals surface area contributed by atoms with Crippen LogP contribution in [0, 0.1) is 6.92 Å². The molecule has 1 aliphatic rings. The molecule has 6 nitrogen and oxygen atoms in total. The molecule has 0 radical (unpaired) electrons. The Morgan fingerprint density at radius 2 is 1.84 bits per heavy atom. The third-order valence-electron chi connectivity index (χ3n) is 5.29. The summed E-state index contributed by atoms with van der Waals surface area (Å²) in [6, 6.07) is 18.8. The molecule has 1 saturated heterocycles. The first-order chi connectivity index (χ1) is 14.9. The Hall–Kier alpha value is -2.68. The van der Waals surface area contributed by atoms with Gasteiger partial charge in [0.2, 0.25) is 0 Å². The van der Waals surface area contributed by atoms with Crippen LogP contribution in [0.3, 0.4) is 0 Å². The quantitative estimate of drug-likeness (QED) is 0.567. The van der Waals surface area contributed by atoms with Crippen LogP contribution in [0.2, 0.25) is 0 Å². The average molecular weight is 456 g/mol. The van der Waals surface area contributed by atoms with E-state index in [4.69, 9.17) is 0 Å². The van der Waals surface area contributed by atoms with Gasteiger partial charge in [-0.25, -0.2) is 8.42 Å². The van der Waals surface area contributed by atoms with E-state index >= 15 is 0 Å². The van der Waals surface area contributed by atoms with Crippen LogP contribution < -0.4 is 10.0 Å². The molecular formula is C23H25N3O3S2. The maximum Gasteiger partial charge on any atom is 0.263 e. The van der Waals surface area contributed by atoms with Crippen molar-refractivity contribution in [2.75, 3.05) is 17.8 Å². The lowest BCUT2D eigenvalue weighted by atomic mass is 10.2. The molecule has 0 spiro atoms. The van der Waals surface area contributed by atoms with E-state index in [1.807, 2.05) is 37.3 Å². The van der Waals surface area contributed by atoms with Crippen molar-refractivity contribution >= 4 is 33.0 Å². The van der Waals surface area contributed by atoms with Crippen molar-refractivity contribution < 1.29 is 13.2 Å². The Labute approximate surface area is 187 Å². The largest absolute Gasteiger partial charge is 0.347 e. The SMILES string of the molecule is Cc1ccc(NS(=O)(=O)c2ccsc2C(=O)NC2CCN(Cc3ccccc3)C2)cc1. The zero-order chi connectivity index (χ0) is 21.8. The first kappa shape index (κ1) is 21.5. The van der Waals surface area contributed by atoms with Gasteiger partial charge in [-0.2, -0.15) is 0 Å². The maximum atomic E-state index is 12.9. The first-order valence-electron chi connectivity index (χ1n) is 10.1. The highest BCUT2D eigenvalue weighted by atomic mass is 32.2. The van der Waals surface area contributed by atoms with Gasteiger partial charge in [-0.3, -0.25) is 14.4 Å². The second-order valence-corrected chi connectivity index (χ2v) is 10.3. The molecule has 1 aliphatic heterocycles. The summed E-state index contributed by atoms with van der Waals surface area (Å²) in [5, 5.41) is 4.65. The zero-order valence-corrected chi connectivity index (χ0v) is 18.9. The number of likely N-dealkylation sites (tertiary alicyclic amines) is 1. The van der Waals surface area contributed by atoms with Crippen LogP contribution in [-0.4, -0.2) is 38.4 Å². The molecule has 0 saturated carbocycles. The molecule has 31 heavy (non-hydrogen) atoms. The summed E-state index contributed by atoms with van der Waals surface area (Å²) >= 11 is 1.14. The molecule has 3 aromatic rings. The number of carbonyl (C=O) groups is 1. The second kappa shape index (κ2) is 9.21.